The van der Waals surface area contributed by atoms with Gasteiger partial charge in [0.1, 0.15) is 17.1 Å². The summed E-state index contributed by atoms with van der Waals surface area (Å²) in [6.45, 7) is 9.55. The average Bonchev–Trinajstić information content (AvgIpc) is 2.87. The molecule has 0 saturated heterocycles. The van der Waals surface area contributed by atoms with Gasteiger partial charge in [-0.05, 0) is 72.0 Å². The van der Waals surface area contributed by atoms with Gasteiger partial charge in [-0.15, -0.1) is 0 Å². The number of carbonyl (C=O) groups is 1. The molecule has 0 bridgehead atoms. The van der Waals surface area contributed by atoms with Crippen LogP contribution in [0.3, 0.4) is 0 Å². The lowest BCUT2D eigenvalue weighted by Gasteiger charge is -2.13. The van der Waals surface area contributed by atoms with Crippen LogP contribution in [0.2, 0.25) is 0 Å². The molecule has 26 heavy (non-hydrogen) atoms. The maximum absolute atomic E-state index is 12.2. The first kappa shape index (κ1) is 20.0. The number of benzene rings is 1. The molecular formula is C21H30N2O3. The van der Waals surface area contributed by atoms with Gasteiger partial charge in [-0.1, -0.05) is 0 Å². The van der Waals surface area contributed by atoms with Gasteiger partial charge in [0.15, 0.2) is 0 Å². The van der Waals surface area contributed by atoms with Gasteiger partial charge in [0.2, 0.25) is 5.91 Å². The molecule has 5 heteroatoms. The maximum Gasteiger partial charge on any atom is 0.244 e. The average molecular weight is 358 g/mol. The van der Waals surface area contributed by atoms with Gasteiger partial charge in [0.05, 0.1) is 7.11 Å². The summed E-state index contributed by atoms with van der Waals surface area (Å²) in [6, 6.07) is 2.05. The van der Waals surface area contributed by atoms with Crippen molar-refractivity contribution in [2.75, 3.05) is 34.3 Å². The zero-order valence-corrected chi connectivity index (χ0v) is 16.9. The SMILES string of the molecule is COc1c(/C(C)=C/C(=O)NCCCN(C)C)cc2c(C)c(C)oc2c1C. The second-order valence-corrected chi connectivity index (χ2v) is 7.02. The fourth-order valence-corrected chi connectivity index (χ4v) is 3.10. The highest BCUT2D eigenvalue weighted by Crippen LogP contribution is 2.38. The minimum Gasteiger partial charge on any atom is -0.496 e. The summed E-state index contributed by atoms with van der Waals surface area (Å²) in [5.74, 6) is 1.57. The van der Waals surface area contributed by atoms with Gasteiger partial charge >= 0.3 is 0 Å². The molecule has 1 heterocycles. The van der Waals surface area contributed by atoms with Crippen LogP contribution in [0.1, 0.15) is 35.8 Å². The molecule has 0 atom stereocenters. The Kier molecular flexibility index (Phi) is 6.48. The van der Waals surface area contributed by atoms with Crippen LogP contribution in [0, 0.1) is 20.8 Å². The summed E-state index contributed by atoms with van der Waals surface area (Å²) in [4.78, 5) is 14.3. The Balaban J connectivity index is 2.29. The fourth-order valence-electron chi connectivity index (χ4n) is 3.10. The van der Waals surface area contributed by atoms with Crippen LogP contribution < -0.4 is 10.1 Å². The summed E-state index contributed by atoms with van der Waals surface area (Å²) >= 11 is 0. The van der Waals surface area contributed by atoms with Crippen molar-refractivity contribution in [2.45, 2.75) is 34.1 Å². The predicted molar refractivity (Wildman–Crippen MR) is 107 cm³/mol. The van der Waals surface area contributed by atoms with Gasteiger partial charge in [-0.25, -0.2) is 0 Å². The molecule has 1 aromatic heterocycles. The molecule has 0 saturated carbocycles. The lowest BCUT2D eigenvalue weighted by atomic mass is 9.98. The van der Waals surface area contributed by atoms with Crippen LogP contribution in [0.25, 0.3) is 16.5 Å². The Bertz CT molecular complexity index is 832. The van der Waals surface area contributed by atoms with Crippen molar-refractivity contribution in [3.05, 3.63) is 34.6 Å². The number of methoxy groups -OCH3 is 1. The molecular weight excluding hydrogens is 328 g/mol. The Labute approximate surface area is 156 Å². The normalized spacial score (nSPS) is 12.1. The van der Waals surface area contributed by atoms with Crippen molar-refractivity contribution in [1.29, 1.82) is 0 Å². The highest BCUT2D eigenvalue weighted by atomic mass is 16.5. The van der Waals surface area contributed by atoms with E-state index in [0.717, 1.165) is 57.7 Å². The third-order valence-corrected chi connectivity index (χ3v) is 4.70. The number of aryl methyl sites for hydroxylation is 3. The molecule has 0 aliphatic carbocycles. The van der Waals surface area contributed by atoms with E-state index in [1.807, 2.05) is 41.8 Å². The Morgan fingerprint density at radius 2 is 1.96 bits per heavy atom. The van der Waals surface area contributed by atoms with E-state index in [-0.39, 0.29) is 5.91 Å². The summed E-state index contributed by atoms with van der Waals surface area (Å²) in [7, 11) is 5.70. The highest BCUT2D eigenvalue weighted by molar-refractivity contribution is 5.98. The van der Waals surface area contributed by atoms with Crippen molar-refractivity contribution >= 4 is 22.4 Å². The van der Waals surface area contributed by atoms with E-state index in [4.69, 9.17) is 9.15 Å². The Morgan fingerprint density at radius 1 is 1.27 bits per heavy atom. The lowest BCUT2D eigenvalue weighted by Crippen LogP contribution is -2.25. The first-order chi connectivity index (χ1) is 12.3. The van der Waals surface area contributed by atoms with E-state index in [1.54, 1.807) is 13.2 Å². The molecule has 0 fully saturated rings. The number of furan rings is 1. The number of rotatable bonds is 7. The van der Waals surface area contributed by atoms with E-state index in [2.05, 4.69) is 16.3 Å². The van der Waals surface area contributed by atoms with Gasteiger partial charge in [-0.2, -0.15) is 0 Å². The van der Waals surface area contributed by atoms with Crippen LogP contribution in [0.4, 0.5) is 0 Å². The molecule has 0 aliphatic heterocycles. The fraction of sp³-hybridized carbons (Fsp3) is 0.476. The zero-order chi connectivity index (χ0) is 19.4. The van der Waals surface area contributed by atoms with Crippen LogP contribution in [-0.4, -0.2) is 45.1 Å². The molecule has 0 spiro atoms. The number of fused-ring (bicyclic) bond motifs is 1. The molecule has 0 aliphatic rings. The third-order valence-electron chi connectivity index (χ3n) is 4.70. The molecule has 0 unspecified atom stereocenters. The molecule has 0 radical (unpaired) electrons. The van der Waals surface area contributed by atoms with Crippen molar-refractivity contribution in [2.24, 2.45) is 0 Å². The quantitative estimate of drug-likeness (QED) is 0.603. The van der Waals surface area contributed by atoms with E-state index >= 15 is 0 Å². The largest absolute Gasteiger partial charge is 0.496 e. The lowest BCUT2D eigenvalue weighted by molar-refractivity contribution is -0.116. The number of ether oxygens (including phenoxy) is 1. The van der Waals surface area contributed by atoms with Crippen molar-refractivity contribution in [3.8, 4) is 5.75 Å². The Morgan fingerprint density at radius 3 is 2.58 bits per heavy atom. The first-order valence-electron chi connectivity index (χ1n) is 8.94. The van der Waals surface area contributed by atoms with Gasteiger partial charge in [0, 0.05) is 29.1 Å². The van der Waals surface area contributed by atoms with Crippen molar-refractivity contribution in [3.63, 3.8) is 0 Å². The van der Waals surface area contributed by atoms with Crippen LogP contribution in [-0.2, 0) is 4.79 Å². The predicted octanol–water partition coefficient (Wildman–Crippen LogP) is 3.84. The van der Waals surface area contributed by atoms with Gasteiger partial charge in [0.25, 0.3) is 0 Å². The summed E-state index contributed by atoms with van der Waals surface area (Å²) in [5, 5.41) is 4.01. The second-order valence-electron chi connectivity index (χ2n) is 7.02. The number of hydrogen-bond acceptors (Lipinski definition) is 4. The third kappa shape index (κ3) is 4.28. The number of nitrogens with zero attached hydrogens (tertiary/aromatic N) is 1. The first-order valence-corrected chi connectivity index (χ1v) is 8.94. The maximum atomic E-state index is 12.2. The minimum absolute atomic E-state index is 0.0823. The Hall–Kier alpha value is -2.27. The van der Waals surface area contributed by atoms with E-state index in [0.29, 0.717) is 6.54 Å². The number of allylic oxidation sites excluding steroid dienone is 1. The van der Waals surface area contributed by atoms with E-state index in [1.165, 1.54) is 0 Å². The zero-order valence-electron chi connectivity index (χ0n) is 16.9. The number of amides is 1. The minimum atomic E-state index is -0.0823. The van der Waals surface area contributed by atoms with Crippen molar-refractivity contribution in [1.82, 2.24) is 10.2 Å². The summed E-state index contributed by atoms with van der Waals surface area (Å²) in [6.07, 6.45) is 2.56. The molecule has 1 N–H and O–H groups in total. The molecule has 1 amide bonds. The summed E-state index contributed by atoms with van der Waals surface area (Å²) in [5.41, 5.74) is 4.71. The topological polar surface area (TPSA) is 54.7 Å². The monoisotopic (exact) mass is 358 g/mol. The number of hydrogen-bond donors (Lipinski definition) is 1. The van der Waals surface area contributed by atoms with Crippen LogP contribution >= 0.6 is 0 Å². The smallest absolute Gasteiger partial charge is 0.244 e. The molecule has 5 nitrogen and oxygen atoms in total. The van der Waals surface area contributed by atoms with Gasteiger partial charge in [-0.3, -0.25) is 4.79 Å². The summed E-state index contributed by atoms with van der Waals surface area (Å²) < 4.78 is 11.5. The van der Waals surface area contributed by atoms with Crippen molar-refractivity contribution < 1.29 is 13.9 Å². The van der Waals surface area contributed by atoms with Gasteiger partial charge < -0.3 is 19.4 Å². The van der Waals surface area contributed by atoms with Crippen LogP contribution in [0.5, 0.6) is 5.75 Å². The molecule has 142 valence electrons. The standard InChI is InChI=1S/C21H30N2O3/c1-13(11-19(24)22-9-8-10-23(5)6)17-12-18-14(2)16(4)26-21(18)15(3)20(17)25-7/h11-12H,8-10H2,1-7H3,(H,22,24)/b13-11+. The number of nitrogens with one attached hydrogen (secondary N) is 1. The molecule has 2 rings (SSSR count). The highest BCUT2D eigenvalue weighted by Gasteiger charge is 2.18. The van der Waals surface area contributed by atoms with E-state index < -0.39 is 0 Å². The second kappa shape index (κ2) is 8.41. The van der Waals surface area contributed by atoms with Crippen LogP contribution in [0.15, 0.2) is 16.6 Å². The molecule has 1 aromatic carbocycles. The molecule has 2 aromatic rings. The number of carbonyl (C=O) groups excluding carboxylic acids is 1. The van der Waals surface area contributed by atoms with E-state index in [9.17, 15) is 4.79 Å².